The van der Waals surface area contributed by atoms with Crippen LogP contribution in [0.3, 0.4) is 0 Å². The standard InChI is InChI=1S/C17H21N3O/c1-18-17-7-2-12-8-15(5-6-16(12)17)21-10-14-9-19-11-20(14)13-3-4-13/h5-6,8-9,11,13,17-18H,2-4,7,10H2,1H3. The van der Waals surface area contributed by atoms with Gasteiger partial charge in [-0.1, -0.05) is 6.07 Å². The summed E-state index contributed by atoms with van der Waals surface area (Å²) in [4.78, 5) is 4.25. The Morgan fingerprint density at radius 2 is 2.24 bits per heavy atom. The number of nitrogens with zero attached hydrogens (tertiary/aromatic N) is 2. The number of hydrogen-bond acceptors (Lipinski definition) is 3. The molecule has 1 atom stereocenters. The van der Waals surface area contributed by atoms with Crippen molar-refractivity contribution in [1.82, 2.24) is 14.9 Å². The van der Waals surface area contributed by atoms with Crippen LogP contribution in [0.2, 0.25) is 0 Å². The van der Waals surface area contributed by atoms with Gasteiger partial charge in [-0.15, -0.1) is 0 Å². The van der Waals surface area contributed by atoms with Gasteiger partial charge in [-0.25, -0.2) is 4.98 Å². The first kappa shape index (κ1) is 12.9. The van der Waals surface area contributed by atoms with E-state index in [2.05, 4.69) is 33.1 Å². The van der Waals surface area contributed by atoms with Crippen LogP contribution in [0.4, 0.5) is 0 Å². The van der Waals surface area contributed by atoms with E-state index in [1.165, 1.54) is 36.1 Å². The number of ether oxygens (including phenoxy) is 1. The molecule has 0 saturated heterocycles. The smallest absolute Gasteiger partial charge is 0.130 e. The van der Waals surface area contributed by atoms with Crippen molar-refractivity contribution in [2.45, 2.75) is 44.4 Å². The quantitative estimate of drug-likeness (QED) is 0.917. The van der Waals surface area contributed by atoms with E-state index in [0.717, 1.165) is 12.2 Å². The minimum Gasteiger partial charge on any atom is -0.487 e. The second-order valence-corrected chi connectivity index (χ2v) is 6.05. The van der Waals surface area contributed by atoms with Gasteiger partial charge >= 0.3 is 0 Å². The molecule has 0 aliphatic heterocycles. The fourth-order valence-electron chi connectivity index (χ4n) is 3.27. The lowest BCUT2D eigenvalue weighted by Crippen LogP contribution is -2.12. The highest BCUT2D eigenvalue weighted by Crippen LogP contribution is 2.36. The number of rotatable bonds is 5. The maximum absolute atomic E-state index is 5.98. The van der Waals surface area contributed by atoms with Crippen molar-refractivity contribution >= 4 is 0 Å². The lowest BCUT2D eigenvalue weighted by atomic mass is 10.1. The van der Waals surface area contributed by atoms with Crippen LogP contribution in [0.1, 0.15) is 48.2 Å². The molecule has 2 aliphatic rings. The van der Waals surface area contributed by atoms with Crippen molar-refractivity contribution in [3.8, 4) is 5.75 Å². The average Bonchev–Trinajstić information content (AvgIpc) is 3.11. The summed E-state index contributed by atoms with van der Waals surface area (Å²) in [5.74, 6) is 0.967. The largest absolute Gasteiger partial charge is 0.487 e. The summed E-state index contributed by atoms with van der Waals surface area (Å²) in [5, 5.41) is 3.37. The minimum atomic E-state index is 0.505. The van der Waals surface area contributed by atoms with Crippen molar-refractivity contribution < 1.29 is 4.74 Å². The van der Waals surface area contributed by atoms with Gasteiger partial charge in [0.2, 0.25) is 0 Å². The van der Waals surface area contributed by atoms with Crippen molar-refractivity contribution in [3.63, 3.8) is 0 Å². The number of benzene rings is 1. The van der Waals surface area contributed by atoms with Crippen LogP contribution < -0.4 is 10.1 Å². The van der Waals surface area contributed by atoms with Gasteiger partial charge in [-0.05, 0) is 56.0 Å². The Morgan fingerprint density at radius 3 is 3.05 bits per heavy atom. The molecule has 0 bridgehead atoms. The Morgan fingerprint density at radius 1 is 1.33 bits per heavy atom. The predicted octanol–water partition coefficient (Wildman–Crippen LogP) is 3.00. The van der Waals surface area contributed by atoms with E-state index >= 15 is 0 Å². The zero-order valence-electron chi connectivity index (χ0n) is 12.4. The van der Waals surface area contributed by atoms with E-state index in [4.69, 9.17) is 4.74 Å². The maximum Gasteiger partial charge on any atom is 0.130 e. The molecule has 1 unspecified atom stereocenters. The van der Waals surface area contributed by atoms with Gasteiger partial charge in [-0.3, -0.25) is 0 Å². The lowest BCUT2D eigenvalue weighted by molar-refractivity contribution is 0.294. The molecule has 0 radical (unpaired) electrons. The van der Waals surface area contributed by atoms with E-state index < -0.39 is 0 Å². The number of aromatic nitrogens is 2. The van der Waals surface area contributed by atoms with Crippen LogP contribution in [-0.4, -0.2) is 16.6 Å². The van der Waals surface area contributed by atoms with Crippen molar-refractivity contribution in [2.24, 2.45) is 0 Å². The van der Waals surface area contributed by atoms with Gasteiger partial charge in [0.15, 0.2) is 0 Å². The SMILES string of the molecule is CNC1CCc2cc(OCc3cncn3C3CC3)ccc21. The lowest BCUT2D eigenvalue weighted by Gasteiger charge is -2.12. The molecule has 4 nitrogen and oxygen atoms in total. The van der Waals surface area contributed by atoms with E-state index in [1.54, 1.807) is 0 Å². The minimum absolute atomic E-state index is 0.505. The monoisotopic (exact) mass is 283 g/mol. The van der Waals surface area contributed by atoms with Gasteiger partial charge < -0.3 is 14.6 Å². The molecule has 0 spiro atoms. The van der Waals surface area contributed by atoms with Crippen LogP contribution in [0.5, 0.6) is 5.75 Å². The molecular formula is C17H21N3O. The van der Waals surface area contributed by atoms with Gasteiger partial charge in [0.05, 0.1) is 18.2 Å². The van der Waals surface area contributed by atoms with E-state index in [1.807, 2.05) is 19.6 Å². The Hall–Kier alpha value is -1.81. The molecule has 1 aromatic heterocycles. The second-order valence-electron chi connectivity index (χ2n) is 6.05. The van der Waals surface area contributed by atoms with Crippen LogP contribution in [0, 0.1) is 0 Å². The summed E-state index contributed by atoms with van der Waals surface area (Å²) in [6.45, 7) is 0.602. The first-order valence-corrected chi connectivity index (χ1v) is 7.79. The number of fused-ring (bicyclic) bond motifs is 1. The zero-order valence-corrected chi connectivity index (χ0v) is 12.4. The Balaban J connectivity index is 1.47. The number of aryl methyl sites for hydroxylation is 1. The molecule has 1 heterocycles. The fraction of sp³-hybridized carbons (Fsp3) is 0.471. The molecule has 110 valence electrons. The molecule has 1 fully saturated rings. The van der Waals surface area contributed by atoms with Gasteiger partial charge in [-0.2, -0.15) is 0 Å². The molecule has 21 heavy (non-hydrogen) atoms. The summed E-state index contributed by atoms with van der Waals surface area (Å²) >= 11 is 0. The highest BCUT2D eigenvalue weighted by molar-refractivity contribution is 5.40. The van der Waals surface area contributed by atoms with E-state index in [-0.39, 0.29) is 0 Å². The third kappa shape index (κ3) is 2.44. The molecular weight excluding hydrogens is 262 g/mol. The summed E-state index contributed by atoms with van der Waals surface area (Å²) in [6, 6.07) is 7.65. The van der Waals surface area contributed by atoms with Crippen LogP contribution in [0.25, 0.3) is 0 Å². The fourth-order valence-corrected chi connectivity index (χ4v) is 3.27. The van der Waals surface area contributed by atoms with Crippen molar-refractivity contribution in [3.05, 3.63) is 47.5 Å². The average molecular weight is 283 g/mol. The van der Waals surface area contributed by atoms with Gasteiger partial charge in [0.25, 0.3) is 0 Å². The van der Waals surface area contributed by atoms with Gasteiger partial charge in [0, 0.05) is 12.1 Å². The summed E-state index contributed by atoms with van der Waals surface area (Å²) in [6.07, 6.45) is 8.71. The molecule has 1 saturated carbocycles. The highest BCUT2D eigenvalue weighted by atomic mass is 16.5. The molecule has 0 amide bonds. The zero-order chi connectivity index (χ0) is 14.2. The molecule has 2 aromatic rings. The predicted molar refractivity (Wildman–Crippen MR) is 81.4 cm³/mol. The van der Waals surface area contributed by atoms with E-state index in [0.29, 0.717) is 18.7 Å². The van der Waals surface area contributed by atoms with Crippen molar-refractivity contribution in [2.75, 3.05) is 7.05 Å². The summed E-state index contributed by atoms with van der Waals surface area (Å²) < 4.78 is 8.24. The first-order chi connectivity index (χ1) is 10.3. The highest BCUT2D eigenvalue weighted by Gasteiger charge is 2.25. The molecule has 4 heteroatoms. The second kappa shape index (κ2) is 5.19. The number of hydrogen-bond donors (Lipinski definition) is 1. The molecule has 1 aromatic carbocycles. The molecule has 4 rings (SSSR count). The van der Waals surface area contributed by atoms with Crippen LogP contribution in [0.15, 0.2) is 30.7 Å². The van der Waals surface area contributed by atoms with Crippen molar-refractivity contribution in [1.29, 1.82) is 0 Å². The normalized spacial score (nSPS) is 20.5. The van der Waals surface area contributed by atoms with Gasteiger partial charge in [0.1, 0.15) is 12.4 Å². The number of nitrogens with one attached hydrogen (secondary N) is 1. The maximum atomic E-state index is 5.98. The Bertz CT molecular complexity index is 645. The topological polar surface area (TPSA) is 39.1 Å². The van der Waals surface area contributed by atoms with Crippen LogP contribution in [-0.2, 0) is 13.0 Å². The van der Waals surface area contributed by atoms with E-state index in [9.17, 15) is 0 Å². The third-order valence-electron chi connectivity index (χ3n) is 4.61. The molecule has 2 aliphatic carbocycles. The Labute approximate surface area is 125 Å². The number of imidazole rings is 1. The first-order valence-electron chi connectivity index (χ1n) is 7.79. The van der Waals surface area contributed by atoms with Crippen LogP contribution >= 0.6 is 0 Å². The summed E-state index contributed by atoms with van der Waals surface area (Å²) in [7, 11) is 2.03. The third-order valence-corrected chi connectivity index (χ3v) is 4.61. The molecule has 1 N–H and O–H groups in total. The Kier molecular flexibility index (Phi) is 3.19. The summed E-state index contributed by atoms with van der Waals surface area (Å²) in [5.41, 5.74) is 4.02.